The average Bonchev–Trinajstić information content (AvgIpc) is 2.68. The van der Waals surface area contributed by atoms with Gasteiger partial charge in [-0.1, -0.05) is 0 Å². The zero-order chi connectivity index (χ0) is 36.4. The average molecular weight is 1160 g/mol. The van der Waals surface area contributed by atoms with Crippen LogP contribution in [0.3, 0.4) is 0 Å². The van der Waals surface area contributed by atoms with E-state index in [0.29, 0.717) is 0 Å². The van der Waals surface area contributed by atoms with E-state index >= 15 is 0 Å². The van der Waals surface area contributed by atoms with Crippen molar-refractivity contribution in [3.8, 4) is 0 Å². The molecule has 0 aliphatic rings. The summed E-state index contributed by atoms with van der Waals surface area (Å²) in [5, 5.41) is 0. The van der Waals surface area contributed by atoms with Gasteiger partial charge >= 0.3 is 268 Å². The second kappa shape index (κ2) is 22.0. The van der Waals surface area contributed by atoms with Crippen LogP contribution in [0.2, 0.25) is 0 Å². The monoisotopic (exact) mass is 1160 g/mol. The molecule has 2 aromatic rings. The van der Waals surface area contributed by atoms with Crippen molar-refractivity contribution in [1.82, 2.24) is 0 Å². The Morgan fingerprint density at radius 1 is 0.432 bits per heavy atom. The molecule has 0 aliphatic carbocycles. The van der Waals surface area contributed by atoms with E-state index in [4.69, 9.17) is 63.7 Å². The van der Waals surface area contributed by atoms with Gasteiger partial charge in [0, 0.05) is 0 Å². The second-order valence-corrected chi connectivity index (χ2v) is 25.2. The van der Waals surface area contributed by atoms with Crippen LogP contribution in [0.1, 0.15) is 0 Å². The van der Waals surface area contributed by atoms with Crippen molar-refractivity contribution in [3.63, 3.8) is 0 Å². The summed E-state index contributed by atoms with van der Waals surface area (Å²) in [5.41, 5.74) is 0. The first-order valence-electron chi connectivity index (χ1n) is 9.00. The van der Waals surface area contributed by atoms with E-state index in [9.17, 15) is 27.6 Å². The van der Waals surface area contributed by atoms with Gasteiger partial charge in [-0.15, -0.1) is 0 Å². The molecule has 1 unspecified atom stereocenters. The number of benzene rings is 2. The molecule has 0 saturated heterocycles. The Morgan fingerprint density at radius 2 is 0.591 bits per heavy atom. The normalized spacial score (nSPS) is 13.5. The summed E-state index contributed by atoms with van der Waals surface area (Å²) in [5.74, 6) is 0. The third kappa shape index (κ3) is 61.3. The van der Waals surface area contributed by atoms with E-state index in [-0.39, 0.29) is 7.14 Å². The van der Waals surface area contributed by atoms with Gasteiger partial charge in [-0.25, -0.2) is 0 Å². The third-order valence-corrected chi connectivity index (χ3v) is 13.1. The summed E-state index contributed by atoms with van der Waals surface area (Å²) in [6, 6.07) is 15.9. The van der Waals surface area contributed by atoms with Crippen molar-refractivity contribution in [1.29, 1.82) is 0 Å². The minimum atomic E-state index is -5.99. The Bertz CT molecular complexity index is 1220. The van der Waals surface area contributed by atoms with E-state index in [2.05, 4.69) is 2.06 Å². The molecule has 0 aromatic heterocycles. The number of rotatable bonds is 4. The van der Waals surface area contributed by atoms with Gasteiger partial charge in [0.15, 0.2) is 0 Å². The van der Waals surface area contributed by atoms with Crippen LogP contribution in [0.15, 0.2) is 60.7 Å². The predicted octanol–water partition coefficient (Wildman–Crippen LogP) is -3.09. The van der Waals surface area contributed by atoms with Gasteiger partial charge in [0.25, 0.3) is 0 Å². The summed E-state index contributed by atoms with van der Waals surface area (Å²) >= 11 is -38.9. The molecule has 0 aliphatic heterocycles. The molecule has 0 bridgehead atoms. The fourth-order valence-electron chi connectivity index (χ4n) is 1.49. The molecule has 44 heavy (non-hydrogen) atoms. The molecular formula is C12H21As6F6IO19. The van der Waals surface area contributed by atoms with Crippen LogP contribution in [-0.4, -0.2) is 133 Å². The Morgan fingerprint density at radius 3 is 0.727 bits per heavy atom. The fourth-order valence-corrected chi connectivity index (χ4v) is 11.7. The van der Waals surface area contributed by atoms with E-state index in [1.54, 1.807) is 36.4 Å². The first kappa shape index (κ1) is 51.1. The van der Waals surface area contributed by atoms with Crippen molar-refractivity contribution in [2.75, 3.05) is 0 Å². The summed E-state index contributed by atoms with van der Waals surface area (Å²) in [6.07, 6.45) is 0. The Balaban J connectivity index is -0.000000263. The molecular weight excluding hydrogens is 1140 g/mol. The van der Waals surface area contributed by atoms with Gasteiger partial charge in [0.05, 0.1) is 0 Å². The van der Waals surface area contributed by atoms with Crippen LogP contribution < -0.4 is 0 Å². The summed E-state index contributed by atoms with van der Waals surface area (Å²) in [7, 11) is 0. The van der Waals surface area contributed by atoms with Gasteiger partial charge in [0.2, 0.25) is 0 Å². The van der Waals surface area contributed by atoms with Crippen LogP contribution >= 0.6 is 18.8 Å². The maximum absolute atomic E-state index is 13.1. The quantitative estimate of drug-likeness (QED) is 0.0821. The van der Waals surface area contributed by atoms with Gasteiger partial charge in [-0.2, -0.15) is 0 Å². The van der Waals surface area contributed by atoms with Gasteiger partial charge in [-0.05, 0) is 0 Å². The summed E-state index contributed by atoms with van der Waals surface area (Å²) < 4.78 is 217. The Hall–Kier alpha value is 0.221. The first-order valence-corrected chi connectivity index (χ1v) is 31.8. The molecule has 0 spiro atoms. The second-order valence-electron chi connectivity index (χ2n) is 5.94. The van der Waals surface area contributed by atoms with E-state index in [0.717, 1.165) is 0 Å². The van der Waals surface area contributed by atoms with Crippen molar-refractivity contribution < 1.29 is 93.4 Å². The van der Waals surface area contributed by atoms with Crippen LogP contribution in [0.5, 0.6) is 0 Å². The van der Waals surface area contributed by atoms with Gasteiger partial charge < -0.3 is 0 Å². The number of hydrogen-bond acceptors (Lipinski definition) is 8. The SMILES string of the molecule is O=[As](O)(F)OI(=O)(c1ccccc1)c1ccccc1.O=[As](O)(O)F.O=[As](O)(O)F.O=[As](O)(O)F.O=[As](O)(O)F.O=[As](O)(O)F. The van der Waals surface area contributed by atoms with Gasteiger partial charge in [0.1, 0.15) is 0 Å². The summed E-state index contributed by atoms with van der Waals surface area (Å²) in [6.45, 7) is 0. The Labute approximate surface area is 265 Å². The first-order chi connectivity index (χ1) is 18.9. The number of halogens is 7. The van der Waals surface area contributed by atoms with E-state index in [1.807, 2.05) is 0 Å². The molecule has 262 valence electrons. The van der Waals surface area contributed by atoms with Crippen molar-refractivity contribution in [2.24, 2.45) is 0 Å². The molecule has 11 N–H and O–H groups in total. The zero-order valence-corrected chi connectivity index (χ0v) is 33.7. The number of hydrogen-bond donors (Lipinski definition) is 11. The van der Waals surface area contributed by atoms with Crippen molar-refractivity contribution >= 4 is 107 Å². The Kier molecular flexibility index (Phi) is 25.5. The van der Waals surface area contributed by atoms with Crippen molar-refractivity contribution in [3.05, 3.63) is 67.8 Å². The van der Waals surface area contributed by atoms with Crippen molar-refractivity contribution in [2.45, 2.75) is 0 Å². The molecule has 2 rings (SSSR count). The maximum atomic E-state index is 13.1. The molecule has 0 saturated carbocycles. The standard InChI is InChI=1S/C12H11AsFIO4.5AsFH2O3/c14-13(16,17)19-15(18,11-7-3-1-4-8-11)12-9-5-2-6-10-12;5*2-1(3,4)5/h1-10H,(H,16,17);5*(H2,3,4,5). The summed E-state index contributed by atoms with van der Waals surface area (Å²) in [4.78, 5) is 0. The third-order valence-electron chi connectivity index (χ3n) is 2.22. The minimum absolute atomic E-state index is 0.244. The molecule has 2 aromatic carbocycles. The predicted molar refractivity (Wildman–Crippen MR) is 136 cm³/mol. The molecule has 1 atom stereocenters. The molecule has 19 nitrogen and oxygen atoms in total. The van der Waals surface area contributed by atoms with E-state index in [1.165, 1.54) is 24.3 Å². The van der Waals surface area contributed by atoms with Crippen LogP contribution in [0.4, 0.5) is 20.8 Å². The fraction of sp³-hybridized carbons (Fsp3) is 0. The van der Waals surface area contributed by atoms with Crippen LogP contribution in [0.25, 0.3) is 0 Å². The zero-order valence-electron chi connectivity index (χ0n) is 20.3. The van der Waals surface area contributed by atoms with Crippen LogP contribution in [0, 0.1) is 7.14 Å². The molecule has 0 heterocycles. The molecule has 0 fully saturated rings. The topological polar surface area (TPSA) is 351 Å². The van der Waals surface area contributed by atoms with Crippen LogP contribution in [-0.2, 0) is 27.6 Å². The van der Waals surface area contributed by atoms with Gasteiger partial charge in [-0.3, -0.25) is 0 Å². The molecule has 0 radical (unpaired) electrons. The molecule has 32 heteroatoms. The van der Waals surface area contributed by atoms with E-state index < -0.39 is 107 Å². The molecule has 0 amide bonds.